The lowest BCUT2D eigenvalue weighted by molar-refractivity contribution is 0.357. The molecular formula is C14H18BrNOS. The van der Waals surface area contributed by atoms with Crippen molar-refractivity contribution in [1.29, 1.82) is 0 Å². The first-order chi connectivity index (χ1) is 8.73. The highest BCUT2D eigenvalue weighted by Gasteiger charge is 2.25. The molecule has 2 nitrogen and oxygen atoms in total. The van der Waals surface area contributed by atoms with E-state index in [-0.39, 0.29) is 0 Å². The van der Waals surface area contributed by atoms with Gasteiger partial charge in [0.1, 0.15) is 5.52 Å². The number of hydrogen-bond acceptors (Lipinski definition) is 3. The molecule has 98 valence electrons. The van der Waals surface area contributed by atoms with Crippen molar-refractivity contribution in [2.75, 3.05) is 11.1 Å². The number of thioether (sulfide) groups is 1. The van der Waals surface area contributed by atoms with Crippen LogP contribution in [0.3, 0.4) is 0 Å². The number of alkyl halides is 1. The van der Waals surface area contributed by atoms with Gasteiger partial charge in [0.05, 0.1) is 0 Å². The summed E-state index contributed by atoms with van der Waals surface area (Å²) in [5.74, 6) is 1.04. The fourth-order valence-electron chi connectivity index (χ4n) is 1.81. The maximum atomic E-state index is 5.73. The Balaban J connectivity index is 2.09. The quantitative estimate of drug-likeness (QED) is 0.544. The van der Waals surface area contributed by atoms with E-state index in [1.54, 1.807) is 11.8 Å². The van der Waals surface area contributed by atoms with E-state index in [4.69, 9.17) is 4.42 Å². The number of para-hydroxylation sites is 2. The number of aromatic nitrogens is 1. The number of fused-ring (bicyclic) bond motifs is 1. The van der Waals surface area contributed by atoms with E-state index in [1.165, 1.54) is 12.8 Å². The second kappa shape index (κ2) is 6.11. The summed E-state index contributed by atoms with van der Waals surface area (Å²) in [7, 11) is 0. The molecule has 4 heteroatoms. The number of hydrogen-bond donors (Lipinski definition) is 0. The van der Waals surface area contributed by atoms with E-state index in [0.29, 0.717) is 5.41 Å². The molecular weight excluding hydrogens is 310 g/mol. The van der Waals surface area contributed by atoms with Gasteiger partial charge in [-0.05, 0) is 30.4 Å². The molecule has 0 saturated carbocycles. The first-order valence-corrected chi connectivity index (χ1v) is 8.38. The van der Waals surface area contributed by atoms with Crippen LogP contribution in [0.15, 0.2) is 33.9 Å². The van der Waals surface area contributed by atoms with Crippen molar-refractivity contribution in [1.82, 2.24) is 4.98 Å². The maximum Gasteiger partial charge on any atom is 0.256 e. The van der Waals surface area contributed by atoms with E-state index in [2.05, 4.69) is 34.8 Å². The molecule has 0 spiro atoms. The van der Waals surface area contributed by atoms with Crippen molar-refractivity contribution in [3.05, 3.63) is 24.3 Å². The van der Waals surface area contributed by atoms with Crippen LogP contribution in [0.25, 0.3) is 11.1 Å². The van der Waals surface area contributed by atoms with Gasteiger partial charge >= 0.3 is 0 Å². The van der Waals surface area contributed by atoms with Gasteiger partial charge in [0.25, 0.3) is 5.22 Å². The van der Waals surface area contributed by atoms with Crippen LogP contribution in [0.4, 0.5) is 0 Å². The lowest BCUT2D eigenvalue weighted by Gasteiger charge is -2.28. The Bertz CT molecular complexity index is 466. The lowest BCUT2D eigenvalue weighted by atomic mass is 9.87. The molecule has 0 fully saturated rings. The third-order valence-corrected chi connectivity index (χ3v) is 5.93. The number of rotatable bonds is 6. The van der Waals surface area contributed by atoms with Crippen LogP contribution in [-0.4, -0.2) is 16.1 Å². The zero-order valence-corrected chi connectivity index (χ0v) is 13.2. The number of benzene rings is 1. The SMILES string of the molecule is CCC(CC)(CBr)CSc1nc2ccccc2o1. The molecule has 0 amide bonds. The van der Waals surface area contributed by atoms with Gasteiger partial charge < -0.3 is 4.42 Å². The van der Waals surface area contributed by atoms with Crippen molar-refractivity contribution in [2.24, 2.45) is 5.41 Å². The molecule has 1 heterocycles. The molecule has 0 aliphatic carbocycles. The topological polar surface area (TPSA) is 26.0 Å². The molecule has 1 aromatic heterocycles. The zero-order chi connectivity index (χ0) is 13.0. The molecule has 0 saturated heterocycles. The number of halogens is 1. The van der Waals surface area contributed by atoms with Crippen LogP contribution in [0.2, 0.25) is 0 Å². The minimum atomic E-state index is 0.339. The van der Waals surface area contributed by atoms with Gasteiger partial charge in [-0.15, -0.1) is 0 Å². The highest BCUT2D eigenvalue weighted by atomic mass is 79.9. The first kappa shape index (κ1) is 13.9. The highest BCUT2D eigenvalue weighted by molar-refractivity contribution is 9.09. The van der Waals surface area contributed by atoms with Crippen LogP contribution in [0, 0.1) is 5.41 Å². The first-order valence-electron chi connectivity index (χ1n) is 6.27. The van der Waals surface area contributed by atoms with E-state index < -0.39 is 0 Å². The second-order valence-electron chi connectivity index (χ2n) is 4.58. The molecule has 0 N–H and O–H groups in total. The van der Waals surface area contributed by atoms with Crippen LogP contribution < -0.4 is 0 Å². The van der Waals surface area contributed by atoms with Crippen LogP contribution in [-0.2, 0) is 0 Å². The monoisotopic (exact) mass is 327 g/mol. The Morgan fingerprint density at radius 1 is 1.28 bits per heavy atom. The largest absolute Gasteiger partial charge is 0.431 e. The third-order valence-electron chi connectivity index (χ3n) is 3.56. The molecule has 0 bridgehead atoms. The minimum Gasteiger partial charge on any atom is -0.431 e. The average Bonchev–Trinajstić information content (AvgIpc) is 2.84. The lowest BCUT2D eigenvalue weighted by Crippen LogP contribution is -2.23. The van der Waals surface area contributed by atoms with E-state index >= 15 is 0 Å². The molecule has 0 aliphatic heterocycles. The standard InChI is InChI=1S/C14H18BrNOS/c1-3-14(4-2,9-15)10-18-13-16-11-7-5-6-8-12(11)17-13/h5-8H,3-4,9-10H2,1-2H3. The van der Waals surface area contributed by atoms with Gasteiger partial charge in [-0.2, -0.15) is 0 Å². The molecule has 0 atom stereocenters. The Morgan fingerprint density at radius 2 is 2.00 bits per heavy atom. The maximum absolute atomic E-state index is 5.73. The Morgan fingerprint density at radius 3 is 2.61 bits per heavy atom. The summed E-state index contributed by atoms with van der Waals surface area (Å²) in [5, 5.41) is 1.81. The second-order valence-corrected chi connectivity index (χ2v) is 6.06. The van der Waals surface area contributed by atoms with Gasteiger partial charge in [0, 0.05) is 11.1 Å². The van der Waals surface area contributed by atoms with E-state index in [9.17, 15) is 0 Å². The molecule has 0 aliphatic rings. The summed E-state index contributed by atoms with van der Waals surface area (Å²) in [6, 6.07) is 7.91. The van der Waals surface area contributed by atoms with Crippen molar-refractivity contribution in [3.8, 4) is 0 Å². The Hall–Kier alpha value is -0.480. The summed E-state index contributed by atoms with van der Waals surface area (Å²) in [5.41, 5.74) is 2.15. The molecule has 0 unspecified atom stereocenters. The minimum absolute atomic E-state index is 0.339. The summed E-state index contributed by atoms with van der Waals surface area (Å²) in [4.78, 5) is 4.50. The molecule has 2 aromatic rings. The Labute approximate surface area is 121 Å². The van der Waals surface area contributed by atoms with Crippen LogP contribution >= 0.6 is 27.7 Å². The predicted molar refractivity (Wildman–Crippen MR) is 81.5 cm³/mol. The Kier molecular flexibility index (Phi) is 4.73. The van der Waals surface area contributed by atoms with Gasteiger partial charge in [-0.25, -0.2) is 4.98 Å². The average molecular weight is 328 g/mol. The fourth-order valence-corrected chi connectivity index (χ4v) is 4.31. The molecule has 2 rings (SSSR count). The van der Waals surface area contributed by atoms with E-state index in [0.717, 1.165) is 27.4 Å². The predicted octanol–water partition coefficient (Wildman–Crippen LogP) is 5.12. The van der Waals surface area contributed by atoms with Crippen molar-refractivity contribution in [3.63, 3.8) is 0 Å². The fraction of sp³-hybridized carbons (Fsp3) is 0.500. The van der Waals surface area contributed by atoms with Crippen molar-refractivity contribution < 1.29 is 4.42 Å². The third kappa shape index (κ3) is 2.91. The van der Waals surface area contributed by atoms with Crippen molar-refractivity contribution >= 4 is 38.8 Å². The van der Waals surface area contributed by atoms with Crippen LogP contribution in [0.5, 0.6) is 0 Å². The summed E-state index contributed by atoms with van der Waals surface area (Å²) < 4.78 is 5.73. The number of nitrogens with zero attached hydrogens (tertiary/aromatic N) is 1. The zero-order valence-electron chi connectivity index (χ0n) is 10.8. The number of oxazole rings is 1. The molecule has 0 radical (unpaired) electrons. The summed E-state index contributed by atoms with van der Waals surface area (Å²) in [6.07, 6.45) is 2.34. The van der Waals surface area contributed by atoms with Gasteiger partial charge in [-0.3, -0.25) is 0 Å². The van der Waals surface area contributed by atoms with Gasteiger partial charge in [0.15, 0.2) is 5.58 Å². The van der Waals surface area contributed by atoms with Crippen molar-refractivity contribution in [2.45, 2.75) is 31.9 Å². The normalized spacial score (nSPS) is 12.2. The highest BCUT2D eigenvalue weighted by Crippen LogP contribution is 2.36. The summed E-state index contributed by atoms with van der Waals surface area (Å²) >= 11 is 5.36. The van der Waals surface area contributed by atoms with E-state index in [1.807, 2.05) is 24.3 Å². The molecule has 18 heavy (non-hydrogen) atoms. The van der Waals surface area contributed by atoms with Gasteiger partial charge in [-0.1, -0.05) is 53.7 Å². The summed E-state index contributed by atoms with van der Waals surface area (Å²) in [6.45, 7) is 4.49. The molecule has 1 aromatic carbocycles. The van der Waals surface area contributed by atoms with Crippen LogP contribution in [0.1, 0.15) is 26.7 Å². The van der Waals surface area contributed by atoms with Gasteiger partial charge in [0.2, 0.25) is 0 Å². The smallest absolute Gasteiger partial charge is 0.256 e.